The summed E-state index contributed by atoms with van der Waals surface area (Å²) < 4.78 is 10.4. The van der Waals surface area contributed by atoms with Gasteiger partial charge in [0.25, 0.3) is 5.91 Å². The van der Waals surface area contributed by atoms with E-state index in [1.165, 1.54) is 6.26 Å². The predicted molar refractivity (Wildman–Crippen MR) is 58.6 cm³/mol. The van der Waals surface area contributed by atoms with E-state index in [1.807, 2.05) is 11.8 Å². The average molecular weight is 226 g/mol. The molecule has 1 fully saturated rings. The van der Waals surface area contributed by atoms with Gasteiger partial charge in [-0.1, -0.05) is 0 Å². The molecule has 0 saturated carbocycles. The van der Waals surface area contributed by atoms with Gasteiger partial charge in [0, 0.05) is 19.1 Å². The lowest BCUT2D eigenvalue weighted by Crippen LogP contribution is -2.43. The smallest absolute Gasteiger partial charge is 0.292 e. The van der Waals surface area contributed by atoms with Crippen molar-refractivity contribution in [3.05, 3.63) is 12.0 Å². The Morgan fingerprint density at radius 1 is 1.62 bits per heavy atom. The second kappa shape index (κ2) is 5.21. The maximum atomic E-state index is 12.1. The molecular formula is C11H18N2O3. The molecule has 2 aliphatic rings. The number of rotatable bonds is 3. The molecule has 1 amide bonds. The highest BCUT2D eigenvalue weighted by Crippen LogP contribution is 2.14. The lowest BCUT2D eigenvalue weighted by Gasteiger charge is -2.28. The molecule has 1 unspecified atom stereocenters. The molecule has 2 rings (SSSR count). The van der Waals surface area contributed by atoms with Gasteiger partial charge in [-0.05, 0) is 19.9 Å². The van der Waals surface area contributed by atoms with Crippen LogP contribution in [0.3, 0.4) is 0 Å². The van der Waals surface area contributed by atoms with Gasteiger partial charge >= 0.3 is 0 Å². The van der Waals surface area contributed by atoms with Crippen molar-refractivity contribution in [2.24, 2.45) is 0 Å². The van der Waals surface area contributed by atoms with E-state index in [0.717, 1.165) is 19.5 Å². The van der Waals surface area contributed by atoms with Crippen molar-refractivity contribution >= 4 is 5.91 Å². The highest BCUT2D eigenvalue weighted by Gasteiger charge is 2.29. The third-order valence-electron chi connectivity index (χ3n) is 2.94. The lowest BCUT2D eigenvalue weighted by atomic mass is 10.2. The van der Waals surface area contributed by atoms with Gasteiger partial charge in [0.05, 0.1) is 0 Å². The Hall–Kier alpha value is -1.23. The molecule has 16 heavy (non-hydrogen) atoms. The fraction of sp³-hybridized carbons (Fsp3) is 0.727. The van der Waals surface area contributed by atoms with Crippen LogP contribution in [0.15, 0.2) is 12.0 Å². The minimum absolute atomic E-state index is 0.0594. The third kappa shape index (κ3) is 2.29. The van der Waals surface area contributed by atoms with Crippen molar-refractivity contribution in [2.75, 3.05) is 32.8 Å². The summed E-state index contributed by atoms with van der Waals surface area (Å²) in [6.07, 6.45) is 2.44. The van der Waals surface area contributed by atoms with Gasteiger partial charge in [0.15, 0.2) is 0 Å². The number of amides is 1. The fourth-order valence-electron chi connectivity index (χ4n) is 2.10. The van der Waals surface area contributed by atoms with Crippen molar-refractivity contribution in [1.82, 2.24) is 10.2 Å². The Labute approximate surface area is 95.4 Å². The van der Waals surface area contributed by atoms with E-state index in [0.29, 0.717) is 25.5 Å². The van der Waals surface area contributed by atoms with Gasteiger partial charge in [-0.25, -0.2) is 0 Å². The van der Waals surface area contributed by atoms with Crippen molar-refractivity contribution in [2.45, 2.75) is 19.4 Å². The first-order chi connectivity index (χ1) is 7.83. The first-order valence-electron chi connectivity index (χ1n) is 5.79. The number of nitrogens with zero attached hydrogens (tertiary/aromatic N) is 1. The second-order valence-corrected chi connectivity index (χ2v) is 3.94. The van der Waals surface area contributed by atoms with Gasteiger partial charge in [-0.3, -0.25) is 4.79 Å². The summed E-state index contributed by atoms with van der Waals surface area (Å²) in [6, 6.07) is 0.281. The number of carbonyl (C=O) groups is 1. The third-order valence-corrected chi connectivity index (χ3v) is 2.94. The van der Waals surface area contributed by atoms with Gasteiger partial charge in [0.2, 0.25) is 5.76 Å². The molecule has 0 aromatic rings. The standard InChI is InChI=1S/C11H18N2O3/c1-2-13(9-3-4-12-7-9)11(14)10-8-15-5-6-16-10/h8-9,12H,2-7H2,1H3. The van der Waals surface area contributed by atoms with E-state index in [-0.39, 0.29) is 11.9 Å². The first-order valence-corrected chi connectivity index (χ1v) is 5.79. The SMILES string of the molecule is CCN(C(=O)C1=COCCO1)C1CCNC1. The summed E-state index contributed by atoms with van der Waals surface area (Å²) in [5, 5.41) is 3.26. The van der Waals surface area contributed by atoms with Crippen LogP contribution in [0.1, 0.15) is 13.3 Å². The molecule has 0 bridgehead atoms. The van der Waals surface area contributed by atoms with Crippen LogP contribution >= 0.6 is 0 Å². The fourth-order valence-corrected chi connectivity index (χ4v) is 2.10. The molecule has 5 heteroatoms. The Balaban J connectivity index is 2.02. The quantitative estimate of drug-likeness (QED) is 0.740. The molecule has 2 aliphatic heterocycles. The molecule has 0 aromatic carbocycles. The van der Waals surface area contributed by atoms with E-state index >= 15 is 0 Å². The zero-order chi connectivity index (χ0) is 11.4. The van der Waals surface area contributed by atoms with E-state index in [1.54, 1.807) is 0 Å². The van der Waals surface area contributed by atoms with Crippen LogP contribution in [0.2, 0.25) is 0 Å². The van der Waals surface area contributed by atoms with E-state index in [2.05, 4.69) is 5.32 Å². The van der Waals surface area contributed by atoms with Gasteiger partial charge < -0.3 is 19.7 Å². The summed E-state index contributed by atoms with van der Waals surface area (Å²) in [6.45, 7) is 5.51. The summed E-state index contributed by atoms with van der Waals surface area (Å²) in [4.78, 5) is 14.0. The second-order valence-electron chi connectivity index (χ2n) is 3.94. The number of ether oxygens (including phenoxy) is 2. The highest BCUT2D eigenvalue weighted by molar-refractivity contribution is 5.91. The molecule has 5 nitrogen and oxygen atoms in total. The zero-order valence-electron chi connectivity index (χ0n) is 9.57. The van der Waals surface area contributed by atoms with Crippen LogP contribution in [0, 0.1) is 0 Å². The molecule has 0 aliphatic carbocycles. The molecular weight excluding hydrogens is 208 g/mol. The van der Waals surface area contributed by atoms with Crippen molar-refractivity contribution < 1.29 is 14.3 Å². The highest BCUT2D eigenvalue weighted by atomic mass is 16.6. The monoisotopic (exact) mass is 226 g/mol. The van der Waals surface area contributed by atoms with E-state index in [9.17, 15) is 4.79 Å². The normalized spacial score (nSPS) is 24.3. The summed E-state index contributed by atoms with van der Waals surface area (Å²) >= 11 is 0. The van der Waals surface area contributed by atoms with Crippen LogP contribution in [-0.2, 0) is 14.3 Å². The number of carbonyl (C=O) groups excluding carboxylic acids is 1. The minimum atomic E-state index is -0.0594. The largest absolute Gasteiger partial charge is 0.494 e. The summed E-state index contributed by atoms with van der Waals surface area (Å²) in [5.74, 6) is 0.274. The lowest BCUT2D eigenvalue weighted by molar-refractivity contribution is -0.134. The molecule has 0 aromatic heterocycles. The van der Waals surface area contributed by atoms with Crippen LogP contribution in [0.4, 0.5) is 0 Å². The number of likely N-dealkylation sites (N-methyl/N-ethyl adjacent to an activating group) is 1. The molecule has 1 atom stereocenters. The number of nitrogens with one attached hydrogen (secondary N) is 1. The van der Waals surface area contributed by atoms with Crippen LogP contribution < -0.4 is 5.32 Å². The summed E-state index contributed by atoms with van der Waals surface area (Å²) in [7, 11) is 0. The van der Waals surface area contributed by atoms with Gasteiger partial charge in [-0.15, -0.1) is 0 Å². The molecule has 2 heterocycles. The maximum Gasteiger partial charge on any atom is 0.292 e. The molecule has 90 valence electrons. The topological polar surface area (TPSA) is 50.8 Å². The van der Waals surface area contributed by atoms with Crippen molar-refractivity contribution in [3.8, 4) is 0 Å². The average Bonchev–Trinajstić information content (AvgIpc) is 2.85. The van der Waals surface area contributed by atoms with Crippen LogP contribution in [0.5, 0.6) is 0 Å². The van der Waals surface area contributed by atoms with Crippen LogP contribution in [-0.4, -0.2) is 49.7 Å². The molecule has 0 spiro atoms. The molecule has 1 N–H and O–H groups in total. The minimum Gasteiger partial charge on any atom is -0.494 e. The van der Waals surface area contributed by atoms with Gasteiger partial charge in [-0.2, -0.15) is 0 Å². The van der Waals surface area contributed by atoms with Crippen LogP contribution in [0.25, 0.3) is 0 Å². The maximum absolute atomic E-state index is 12.1. The van der Waals surface area contributed by atoms with Crippen molar-refractivity contribution in [3.63, 3.8) is 0 Å². The van der Waals surface area contributed by atoms with Gasteiger partial charge in [0.1, 0.15) is 19.5 Å². The number of hydrogen-bond donors (Lipinski definition) is 1. The Morgan fingerprint density at radius 3 is 3.06 bits per heavy atom. The Bertz CT molecular complexity index is 285. The zero-order valence-corrected chi connectivity index (χ0v) is 9.57. The van der Waals surface area contributed by atoms with E-state index in [4.69, 9.17) is 9.47 Å². The van der Waals surface area contributed by atoms with E-state index < -0.39 is 0 Å². The van der Waals surface area contributed by atoms with Crippen molar-refractivity contribution in [1.29, 1.82) is 0 Å². The Morgan fingerprint density at radius 2 is 2.50 bits per heavy atom. The molecule has 1 saturated heterocycles. The summed E-state index contributed by atoms with van der Waals surface area (Å²) in [5.41, 5.74) is 0. The Kier molecular flexibility index (Phi) is 3.66. The first kappa shape index (κ1) is 11.3. The predicted octanol–water partition coefficient (Wildman–Crippen LogP) is 0.0850. The molecule has 0 radical (unpaired) electrons. The number of hydrogen-bond acceptors (Lipinski definition) is 4.